The fourth-order valence-electron chi connectivity index (χ4n) is 12.1. The summed E-state index contributed by atoms with van der Waals surface area (Å²) in [6, 6.07) is 0.304. The summed E-state index contributed by atoms with van der Waals surface area (Å²) in [7, 11) is 4.07. The lowest BCUT2D eigenvalue weighted by molar-refractivity contribution is -0.229. The van der Waals surface area contributed by atoms with Crippen LogP contribution in [0.1, 0.15) is 118 Å². The minimum Gasteiger partial charge on any atom is -0.462 e. The van der Waals surface area contributed by atoms with Gasteiger partial charge in [-0.3, -0.25) is 9.59 Å². The first-order valence-electron chi connectivity index (χ1n) is 20.5. The van der Waals surface area contributed by atoms with Crippen molar-refractivity contribution in [2.24, 2.45) is 41.2 Å². The first kappa shape index (κ1) is 37.4. The number of piperidine rings is 1. The fourth-order valence-corrected chi connectivity index (χ4v) is 15.8. The summed E-state index contributed by atoms with van der Waals surface area (Å²) < 4.78 is 20.3. The molecule has 8 aliphatic rings. The molecule has 8 rings (SSSR count). The van der Waals surface area contributed by atoms with Crippen LogP contribution in [0.2, 0.25) is 0 Å². The van der Waals surface area contributed by atoms with Gasteiger partial charge in [-0.25, -0.2) is 4.79 Å². The number of carbonyl (C=O) groups is 3. The number of hydrogen-bond acceptors (Lipinski definition) is 10. The summed E-state index contributed by atoms with van der Waals surface area (Å²) >= 11 is 0. The Hall–Kier alpha value is -1.53. The van der Waals surface area contributed by atoms with E-state index in [-0.39, 0.29) is 58.7 Å². The van der Waals surface area contributed by atoms with Gasteiger partial charge in [0.1, 0.15) is 17.3 Å². The van der Waals surface area contributed by atoms with Gasteiger partial charge in [-0.1, -0.05) is 65.5 Å². The molecule has 288 valence electrons. The van der Waals surface area contributed by atoms with Gasteiger partial charge < -0.3 is 30.2 Å². The van der Waals surface area contributed by atoms with E-state index >= 15 is 0 Å². The second kappa shape index (κ2) is 14.5. The molecule has 12 atom stereocenters. The lowest BCUT2D eigenvalue weighted by atomic mass is 9.56. The minimum absolute atomic E-state index is 0.0724. The summed E-state index contributed by atoms with van der Waals surface area (Å²) in [5, 5.41) is 3.57. The van der Waals surface area contributed by atoms with Crippen molar-refractivity contribution in [3.8, 4) is 0 Å². The zero-order valence-electron chi connectivity index (χ0n) is 31.7. The zero-order chi connectivity index (χ0) is 36.4. The van der Waals surface area contributed by atoms with Crippen LogP contribution >= 0.6 is 21.6 Å². The van der Waals surface area contributed by atoms with Crippen LogP contribution in [0.25, 0.3) is 0 Å². The number of amides is 1. The molecule has 3 aliphatic carbocycles. The van der Waals surface area contributed by atoms with Crippen LogP contribution in [-0.2, 0) is 28.6 Å². The van der Waals surface area contributed by atoms with Gasteiger partial charge in [0, 0.05) is 60.8 Å². The molecule has 2 saturated carbocycles. The lowest BCUT2D eigenvalue weighted by Crippen LogP contribution is -2.68. The number of nitrogens with one attached hydrogen (secondary N) is 1. The highest BCUT2D eigenvalue weighted by Gasteiger charge is 2.68. The number of carbonyl (C=O) groups excluding carboxylic acids is 3. The van der Waals surface area contributed by atoms with E-state index in [0.717, 1.165) is 44.4 Å². The molecule has 5 saturated heterocycles. The number of hydrogen-bond donors (Lipinski definition) is 2. The highest BCUT2D eigenvalue weighted by molar-refractivity contribution is 8.77. The molecule has 0 bridgehead atoms. The molecule has 7 fully saturated rings. The zero-order valence-corrected chi connectivity index (χ0v) is 33.4. The monoisotopic (exact) mass is 755 g/mol. The molecule has 2 spiro atoms. The van der Waals surface area contributed by atoms with Crippen LogP contribution in [-0.4, -0.2) is 82.0 Å². The molecule has 1 amide bonds. The Labute approximate surface area is 318 Å². The Kier molecular flexibility index (Phi) is 10.4. The molecular formula is C41H61N3O6S2. The second-order valence-electron chi connectivity index (χ2n) is 17.9. The van der Waals surface area contributed by atoms with Gasteiger partial charge in [0.05, 0.1) is 18.3 Å². The first-order valence-corrected chi connectivity index (χ1v) is 22.8. The molecule has 0 aromatic rings. The summed E-state index contributed by atoms with van der Waals surface area (Å²) in [5.74, 6) is 2.00. The van der Waals surface area contributed by atoms with Gasteiger partial charge in [0.15, 0.2) is 0 Å². The first-order chi connectivity index (χ1) is 25.0. The van der Waals surface area contributed by atoms with Crippen LogP contribution in [0.4, 0.5) is 0 Å². The Bertz CT molecular complexity index is 1480. The lowest BCUT2D eigenvalue weighted by Gasteiger charge is -2.59. The molecule has 3 N–H and O–H groups in total. The van der Waals surface area contributed by atoms with Crippen LogP contribution in [0.3, 0.4) is 0 Å². The van der Waals surface area contributed by atoms with E-state index in [1.807, 2.05) is 30.7 Å². The third kappa shape index (κ3) is 6.32. The van der Waals surface area contributed by atoms with Crippen molar-refractivity contribution in [1.29, 1.82) is 0 Å². The highest BCUT2D eigenvalue weighted by atomic mass is 33.1. The number of nitrogens with two attached hydrogens (primary N) is 1. The summed E-state index contributed by atoms with van der Waals surface area (Å²) in [6.45, 7) is 9.66. The third-order valence-electron chi connectivity index (χ3n) is 15.1. The second-order valence-corrected chi connectivity index (χ2v) is 20.6. The van der Waals surface area contributed by atoms with Crippen LogP contribution < -0.4 is 11.1 Å². The molecule has 5 aliphatic heterocycles. The van der Waals surface area contributed by atoms with Crippen molar-refractivity contribution in [1.82, 2.24) is 10.2 Å². The van der Waals surface area contributed by atoms with E-state index in [0.29, 0.717) is 61.6 Å². The fraction of sp³-hybridized carbons (Fsp3) is 0.829. The highest BCUT2D eigenvalue weighted by Crippen LogP contribution is 2.63. The third-order valence-corrected chi connectivity index (χ3v) is 18.3. The van der Waals surface area contributed by atoms with Crippen molar-refractivity contribution in [3.63, 3.8) is 0 Å². The molecule has 11 heteroatoms. The molecule has 0 aromatic carbocycles. The van der Waals surface area contributed by atoms with Crippen LogP contribution in [0.15, 0.2) is 23.3 Å². The smallest absolute Gasteiger partial charge is 0.334 e. The number of esters is 2. The van der Waals surface area contributed by atoms with Gasteiger partial charge in [0.2, 0.25) is 5.91 Å². The van der Waals surface area contributed by atoms with E-state index in [2.05, 4.69) is 40.9 Å². The Morgan fingerprint density at radius 3 is 2.71 bits per heavy atom. The maximum Gasteiger partial charge on any atom is 0.334 e. The maximum atomic E-state index is 14.6. The average Bonchev–Trinajstić information content (AvgIpc) is 3.48. The number of nitrogens with zero attached hydrogens (tertiary/aromatic N) is 1. The van der Waals surface area contributed by atoms with Crippen molar-refractivity contribution in [2.75, 3.05) is 18.8 Å². The number of fused-ring (bicyclic) bond motifs is 8. The summed E-state index contributed by atoms with van der Waals surface area (Å²) in [6.07, 6.45) is 16.5. The standard InChI is InChI=1S/C41H61N3O6S2/c1-5-24(3)38(47)50-39(4)15-12-27-23-51-52-40(13-8-7-9-14-40)37-25(6-2)22-44(37)34(45)17-29-21-43-33(42)18-30(29)36(27)41(39)20-28-16-26-10-11-35(46)48-31(26)19-32(28)49-41/h5,12,25-26,28-33,36-37,43H,6-11,13-23,42H2,1-4H3/t25-,26?,28?,29?,30?,31?,32?,33?,36-,37+,39-,41-/m1/s1. The van der Waals surface area contributed by atoms with Gasteiger partial charge in [0.25, 0.3) is 0 Å². The topological polar surface area (TPSA) is 120 Å². The van der Waals surface area contributed by atoms with Crippen molar-refractivity contribution in [2.45, 2.75) is 158 Å². The van der Waals surface area contributed by atoms with E-state index < -0.39 is 11.2 Å². The molecule has 0 radical (unpaired) electrons. The van der Waals surface area contributed by atoms with Crippen LogP contribution in [0.5, 0.6) is 0 Å². The van der Waals surface area contributed by atoms with E-state index in [1.165, 1.54) is 37.7 Å². The average molecular weight is 756 g/mol. The molecule has 52 heavy (non-hydrogen) atoms. The van der Waals surface area contributed by atoms with Gasteiger partial charge in [-0.2, -0.15) is 0 Å². The Morgan fingerprint density at radius 1 is 1.13 bits per heavy atom. The molecule has 5 heterocycles. The van der Waals surface area contributed by atoms with Gasteiger partial charge in [-0.15, -0.1) is 0 Å². The van der Waals surface area contributed by atoms with E-state index in [1.54, 1.807) is 0 Å². The Morgan fingerprint density at radius 2 is 1.94 bits per heavy atom. The quantitative estimate of drug-likeness (QED) is 0.140. The maximum absolute atomic E-state index is 14.6. The minimum atomic E-state index is -0.929. The predicted molar refractivity (Wildman–Crippen MR) is 205 cm³/mol. The number of allylic oxidation sites excluding steroid dienone is 1. The van der Waals surface area contributed by atoms with E-state index in [9.17, 15) is 14.4 Å². The van der Waals surface area contributed by atoms with Crippen LogP contribution in [0, 0.1) is 35.5 Å². The molecular weight excluding hydrogens is 695 g/mol. The van der Waals surface area contributed by atoms with Gasteiger partial charge >= 0.3 is 11.9 Å². The summed E-state index contributed by atoms with van der Waals surface area (Å²) in [4.78, 5) is 43.1. The largest absolute Gasteiger partial charge is 0.462 e. The van der Waals surface area contributed by atoms with Crippen molar-refractivity contribution in [3.05, 3.63) is 23.3 Å². The van der Waals surface area contributed by atoms with Crippen molar-refractivity contribution >= 4 is 39.4 Å². The molecule has 0 aromatic heterocycles. The van der Waals surface area contributed by atoms with Crippen molar-refractivity contribution < 1.29 is 28.6 Å². The number of rotatable bonds is 3. The molecule has 9 nitrogen and oxygen atoms in total. The summed E-state index contributed by atoms with van der Waals surface area (Å²) in [5.41, 5.74) is 7.02. The van der Waals surface area contributed by atoms with Gasteiger partial charge in [-0.05, 0) is 95.3 Å². The predicted octanol–water partition coefficient (Wildman–Crippen LogP) is 6.70. The van der Waals surface area contributed by atoms with E-state index in [4.69, 9.17) is 19.9 Å². The normalized spacial score (nSPS) is 44.8. The number of ether oxygens (including phenoxy) is 3. The SMILES string of the molecule is CC=C(C)C(=O)O[C@]1(C)CC=C2CSSC3(CCCCC3)[C@@H]3[C@H](CC)CN3C(=O)CC3CNC(N)CC3[C@@H]2[C@]12CC1CC3CCC(=O)OC3CC1O2. The Balaban J connectivity index is 1.22. The molecule has 7 unspecified atom stereocenters.